The quantitative estimate of drug-likeness (QED) is 0.874. The first-order valence-corrected chi connectivity index (χ1v) is 8.32. The van der Waals surface area contributed by atoms with Crippen molar-refractivity contribution in [3.05, 3.63) is 30.2 Å². The molecule has 1 saturated carbocycles. The monoisotopic (exact) mass is 329 g/mol. The summed E-state index contributed by atoms with van der Waals surface area (Å²) in [6, 6.07) is 4.87. The highest BCUT2D eigenvalue weighted by molar-refractivity contribution is 6.06. The van der Waals surface area contributed by atoms with Crippen molar-refractivity contribution in [1.82, 2.24) is 15.4 Å². The van der Waals surface area contributed by atoms with Crippen molar-refractivity contribution in [3.63, 3.8) is 0 Å². The van der Waals surface area contributed by atoms with E-state index in [1.54, 1.807) is 24.5 Å². The number of rotatable bonds is 3. The maximum atomic E-state index is 12.9. The SMILES string of the molecule is O=C1NC2(CCCCCC2)C(=O)N1Cc1cc(-c2ccco2)on1. The number of hydrogen-bond donors (Lipinski definition) is 1. The molecule has 4 rings (SSSR count). The Bertz CT molecular complexity index is 742. The van der Waals surface area contributed by atoms with Crippen LogP contribution >= 0.6 is 0 Å². The van der Waals surface area contributed by atoms with Crippen molar-refractivity contribution in [3.8, 4) is 11.5 Å². The van der Waals surface area contributed by atoms with Crippen molar-refractivity contribution in [2.75, 3.05) is 0 Å². The number of carbonyl (C=O) groups excluding carboxylic acids is 2. The predicted octanol–water partition coefficient (Wildman–Crippen LogP) is 3.08. The number of nitrogens with one attached hydrogen (secondary N) is 1. The lowest BCUT2D eigenvalue weighted by atomic mass is 9.90. The first-order chi connectivity index (χ1) is 11.7. The van der Waals surface area contributed by atoms with E-state index in [0.29, 0.717) is 30.1 Å². The molecule has 3 amide bonds. The van der Waals surface area contributed by atoms with Crippen molar-refractivity contribution in [2.45, 2.75) is 50.6 Å². The highest BCUT2D eigenvalue weighted by Gasteiger charge is 2.50. The second kappa shape index (κ2) is 5.81. The first kappa shape index (κ1) is 15.0. The Labute approximate surface area is 139 Å². The van der Waals surface area contributed by atoms with Crippen LogP contribution in [0.4, 0.5) is 4.79 Å². The molecule has 7 heteroatoms. The van der Waals surface area contributed by atoms with Crippen LogP contribution in [0.5, 0.6) is 0 Å². The van der Waals surface area contributed by atoms with Gasteiger partial charge in [0.2, 0.25) is 5.76 Å². The highest BCUT2D eigenvalue weighted by Crippen LogP contribution is 2.33. The zero-order chi connectivity index (χ0) is 16.6. The van der Waals surface area contributed by atoms with Gasteiger partial charge in [0.1, 0.15) is 11.2 Å². The third kappa shape index (κ3) is 2.50. The van der Waals surface area contributed by atoms with E-state index in [0.717, 1.165) is 25.7 Å². The molecule has 2 aromatic heterocycles. The molecule has 1 saturated heterocycles. The van der Waals surface area contributed by atoms with Crippen LogP contribution in [-0.4, -0.2) is 27.5 Å². The van der Waals surface area contributed by atoms with Gasteiger partial charge in [-0.25, -0.2) is 4.79 Å². The summed E-state index contributed by atoms with van der Waals surface area (Å²) in [5.74, 6) is 0.898. The number of hydrogen-bond acceptors (Lipinski definition) is 5. The topological polar surface area (TPSA) is 88.6 Å². The molecular weight excluding hydrogens is 310 g/mol. The van der Waals surface area contributed by atoms with Gasteiger partial charge in [-0.1, -0.05) is 30.8 Å². The van der Waals surface area contributed by atoms with Gasteiger partial charge in [-0.3, -0.25) is 9.69 Å². The van der Waals surface area contributed by atoms with E-state index < -0.39 is 5.54 Å². The molecule has 2 aliphatic rings. The predicted molar refractivity (Wildman–Crippen MR) is 83.7 cm³/mol. The molecule has 0 bridgehead atoms. The summed E-state index contributed by atoms with van der Waals surface area (Å²) in [7, 11) is 0. The molecule has 0 radical (unpaired) electrons. The fourth-order valence-electron chi connectivity index (χ4n) is 3.57. The first-order valence-electron chi connectivity index (χ1n) is 8.32. The molecule has 24 heavy (non-hydrogen) atoms. The van der Waals surface area contributed by atoms with Crippen molar-refractivity contribution < 1.29 is 18.5 Å². The molecule has 1 N–H and O–H groups in total. The van der Waals surface area contributed by atoms with E-state index in [1.165, 1.54) is 4.90 Å². The zero-order valence-corrected chi connectivity index (χ0v) is 13.3. The highest BCUT2D eigenvalue weighted by atomic mass is 16.5. The Kier molecular flexibility index (Phi) is 3.63. The van der Waals surface area contributed by atoms with Gasteiger partial charge in [-0.2, -0.15) is 0 Å². The minimum Gasteiger partial charge on any atom is -0.461 e. The Morgan fingerprint density at radius 3 is 2.67 bits per heavy atom. The molecule has 2 fully saturated rings. The van der Waals surface area contributed by atoms with Gasteiger partial charge in [0.25, 0.3) is 5.91 Å². The number of furan rings is 1. The largest absolute Gasteiger partial charge is 0.461 e. The van der Waals surface area contributed by atoms with Crippen LogP contribution in [0.15, 0.2) is 33.4 Å². The standard InChI is InChI=1S/C17H19N3O4/c21-15-17(7-3-1-2-4-8-17)18-16(22)20(15)11-12-10-14(24-19-12)13-6-5-9-23-13/h5-6,9-10H,1-4,7-8,11H2,(H,18,22). The summed E-state index contributed by atoms with van der Waals surface area (Å²) in [5, 5.41) is 6.87. The third-order valence-electron chi connectivity index (χ3n) is 4.85. The zero-order valence-electron chi connectivity index (χ0n) is 13.3. The van der Waals surface area contributed by atoms with Gasteiger partial charge in [0.05, 0.1) is 12.8 Å². The lowest BCUT2D eigenvalue weighted by Gasteiger charge is -2.24. The normalized spacial score (nSPS) is 20.4. The molecule has 1 spiro atoms. The smallest absolute Gasteiger partial charge is 0.325 e. The maximum Gasteiger partial charge on any atom is 0.325 e. The summed E-state index contributed by atoms with van der Waals surface area (Å²) in [4.78, 5) is 26.4. The summed E-state index contributed by atoms with van der Waals surface area (Å²) in [5.41, 5.74) is -0.197. The average molecular weight is 329 g/mol. The van der Waals surface area contributed by atoms with Crippen molar-refractivity contribution >= 4 is 11.9 Å². The van der Waals surface area contributed by atoms with E-state index in [-0.39, 0.29) is 18.5 Å². The average Bonchev–Trinajstić information content (AvgIpc) is 3.25. The molecule has 0 atom stereocenters. The third-order valence-corrected chi connectivity index (χ3v) is 4.85. The van der Waals surface area contributed by atoms with E-state index in [1.807, 2.05) is 0 Å². The summed E-state index contributed by atoms with van der Waals surface area (Å²) >= 11 is 0. The van der Waals surface area contributed by atoms with Crippen molar-refractivity contribution in [1.29, 1.82) is 0 Å². The second-order valence-corrected chi connectivity index (χ2v) is 6.48. The van der Waals surface area contributed by atoms with Crippen LogP contribution in [0.2, 0.25) is 0 Å². The second-order valence-electron chi connectivity index (χ2n) is 6.48. The number of amides is 3. The van der Waals surface area contributed by atoms with Gasteiger partial charge in [-0.15, -0.1) is 0 Å². The summed E-state index contributed by atoms with van der Waals surface area (Å²) in [6.45, 7) is 0.108. The number of imide groups is 1. The number of urea groups is 1. The van der Waals surface area contributed by atoms with E-state index in [9.17, 15) is 9.59 Å². The fraction of sp³-hybridized carbons (Fsp3) is 0.471. The molecule has 1 aliphatic heterocycles. The molecule has 0 aromatic carbocycles. The molecular formula is C17H19N3O4. The minimum absolute atomic E-state index is 0.108. The van der Waals surface area contributed by atoms with Gasteiger partial charge in [0, 0.05) is 6.07 Å². The van der Waals surface area contributed by atoms with Crippen LogP contribution < -0.4 is 5.32 Å². The van der Waals surface area contributed by atoms with Crippen LogP contribution in [0.25, 0.3) is 11.5 Å². The van der Waals surface area contributed by atoms with Crippen LogP contribution in [0.3, 0.4) is 0 Å². The summed E-state index contributed by atoms with van der Waals surface area (Å²) < 4.78 is 10.5. The maximum absolute atomic E-state index is 12.9. The molecule has 1 aliphatic carbocycles. The van der Waals surface area contributed by atoms with Crippen molar-refractivity contribution in [2.24, 2.45) is 0 Å². The van der Waals surface area contributed by atoms with E-state index in [4.69, 9.17) is 8.94 Å². The van der Waals surface area contributed by atoms with Gasteiger partial charge in [-0.05, 0) is 25.0 Å². The van der Waals surface area contributed by atoms with Gasteiger partial charge < -0.3 is 14.3 Å². The summed E-state index contributed by atoms with van der Waals surface area (Å²) in [6.07, 6.45) is 7.13. The Hall–Kier alpha value is -2.57. The van der Waals surface area contributed by atoms with Gasteiger partial charge in [0.15, 0.2) is 5.76 Å². The fourth-order valence-corrected chi connectivity index (χ4v) is 3.57. The Morgan fingerprint density at radius 1 is 1.17 bits per heavy atom. The molecule has 7 nitrogen and oxygen atoms in total. The Balaban J connectivity index is 1.52. The van der Waals surface area contributed by atoms with Crippen LogP contribution in [0, 0.1) is 0 Å². The van der Waals surface area contributed by atoms with Crippen LogP contribution in [-0.2, 0) is 11.3 Å². The number of nitrogens with zero attached hydrogens (tertiary/aromatic N) is 2. The molecule has 126 valence electrons. The lowest BCUT2D eigenvalue weighted by Crippen LogP contribution is -2.46. The molecule has 0 unspecified atom stereocenters. The van der Waals surface area contributed by atoms with Gasteiger partial charge >= 0.3 is 6.03 Å². The Morgan fingerprint density at radius 2 is 1.96 bits per heavy atom. The number of aromatic nitrogens is 1. The number of carbonyl (C=O) groups is 2. The molecule has 2 aromatic rings. The van der Waals surface area contributed by atoms with E-state index >= 15 is 0 Å². The lowest BCUT2D eigenvalue weighted by molar-refractivity contribution is -0.132. The minimum atomic E-state index is -0.721. The van der Waals surface area contributed by atoms with Crippen LogP contribution in [0.1, 0.15) is 44.2 Å². The molecule has 3 heterocycles. The van der Waals surface area contributed by atoms with E-state index in [2.05, 4.69) is 10.5 Å².